The second-order valence-corrected chi connectivity index (χ2v) is 6.54. The van der Waals surface area contributed by atoms with Crippen molar-refractivity contribution in [2.24, 2.45) is 0 Å². The van der Waals surface area contributed by atoms with Crippen molar-refractivity contribution in [3.8, 4) is 0 Å². The molecule has 0 saturated carbocycles. The molecule has 0 aliphatic carbocycles. The summed E-state index contributed by atoms with van der Waals surface area (Å²) in [5.41, 5.74) is 3.88. The summed E-state index contributed by atoms with van der Waals surface area (Å²) in [4.78, 5) is 5.85. The molecule has 2 rings (SSSR count). The number of aryl methyl sites for hydroxylation is 2. The van der Waals surface area contributed by atoms with Gasteiger partial charge in [-0.15, -0.1) is 11.3 Å². The van der Waals surface area contributed by atoms with Crippen molar-refractivity contribution in [3.05, 3.63) is 51.0 Å². The van der Waals surface area contributed by atoms with Crippen LogP contribution in [-0.2, 0) is 13.1 Å². The highest BCUT2D eigenvalue weighted by Gasteiger charge is 2.03. The molecular weight excluding hydrogens is 252 g/mol. The first-order valence-electron chi connectivity index (χ1n) is 6.78. The Morgan fingerprint density at radius 1 is 1.11 bits per heavy atom. The van der Waals surface area contributed by atoms with Gasteiger partial charge in [0, 0.05) is 18.0 Å². The van der Waals surface area contributed by atoms with E-state index in [2.05, 4.69) is 62.3 Å². The molecule has 2 aromatic rings. The predicted octanol–water partition coefficient (Wildman–Crippen LogP) is 4.17. The molecule has 1 aromatic carbocycles. The predicted molar refractivity (Wildman–Crippen MR) is 82.7 cm³/mol. The third-order valence-electron chi connectivity index (χ3n) is 3.32. The second-order valence-electron chi connectivity index (χ2n) is 5.25. The first-order chi connectivity index (χ1) is 9.06. The molecule has 0 aliphatic rings. The summed E-state index contributed by atoms with van der Waals surface area (Å²) in [5, 5.41) is 4.63. The van der Waals surface area contributed by atoms with E-state index < -0.39 is 0 Å². The van der Waals surface area contributed by atoms with Gasteiger partial charge in [0.25, 0.3) is 0 Å². The van der Waals surface area contributed by atoms with Gasteiger partial charge in [-0.1, -0.05) is 38.1 Å². The smallest absolute Gasteiger partial charge is 0.107 e. The molecule has 0 amide bonds. The molecule has 0 atom stereocenters. The molecule has 1 aromatic heterocycles. The van der Waals surface area contributed by atoms with E-state index in [-0.39, 0.29) is 0 Å². The first-order valence-corrected chi connectivity index (χ1v) is 7.60. The molecule has 0 bridgehead atoms. The summed E-state index contributed by atoms with van der Waals surface area (Å²) in [7, 11) is 0. The van der Waals surface area contributed by atoms with E-state index in [0.717, 1.165) is 18.8 Å². The molecule has 3 heteroatoms. The topological polar surface area (TPSA) is 24.9 Å². The van der Waals surface area contributed by atoms with Gasteiger partial charge in [-0.25, -0.2) is 4.98 Å². The van der Waals surface area contributed by atoms with Gasteiger partial charge in [-0.3, -0.25) is 0 Å². The Labute approximate surface area is 119 Å². The molecule has 0 aliphatic heterocycles. The fourth-order valence-electron chi connectivity index (χ4n) is 1.95. The molecule has 19 heavy (non-hydrogen) atoms. The Balaban J connectivity index is 1.85. The zero-order valence-corrected chi connectivity index (χ0v) is 13.0. The van der Waals surface area contributed by atoms with Crippen LogP contribution in [0.4, 0.5) is 0 Å². The summed E-state index contributed by atoms with van der Waals surface area (Å²) in [5.74, 6) is 0.600. The Morgan fingerprint density at radius 2 is 1.79 bits per heavy atom. The van der Waals surface area contributed by atoms with Crippen LogP contribution in [0, 0.1) is 13.8 Å². The maximum absolute atomic E-state index is 4.53. The van der Waals surface area contributed by atoms with Crippen LogP contribution in [0.15, 0.2) is 24.3 Å². The van der Waals surface area contributed by atoms with E-state index >= 15 is 0 Å². The van der Waals surface area contributed by atoms with Crippen LogP contribution in [0.1, 0.15) is 46.5 Å². The zero-order valence-electron chi connectivity index (χ0n) is 12.2. The van der Waals surface area contributed by atoms with Crippen LogP contribution in [0.2, 0.25) is 0 Å². The van der Waals surface area contributed by atoms with Crippen LogP contribution < -0.4 is 5.32 Å². The van der Waals surface area contributed by atoms with Crippen molar-refractivity contribution in [2.75, 3.05) is 0 Å². The van der Waals surface area contributed by atoms with Crippen LogP contribution >= 0.6 is 11.3 Å². The Hall–Kier alpha value is -1.19. The summed E-state index contributed by atoms with van der Waals surface area (Å²) in [6, 6.07) is 8.86. The van der Waals surface area contributed by atoms with Crippen molar-refractivity contribution < 1.29 is 0 Å². The van der Waals surface area contributed by atoms with Gasteiger partial charge in [0.05, 0.1) is 5.69 Å². The minimum absolute atomic E-state index is 0.600. The highest BCUT2D eigenvalue weighted by molar-refractivity contribution is 7.11. The standard InChI is InChI=1S/C16H22N2S/c1-11(2)15-7-5-14(6-8-15)9-17-10-16-18-12(3)13(4)19-16/h5-8,11,17H,9-10H2,1-4H3. The SMILES string of the molecule is Cc1nc(CNCc2ccc(C(C)C)cc2)sc1C. The molecule has 0 unspecified atom stereocenters. The summed E-state index contributed by atoms with van der Waals surface area (Å²) in [6.45, 7) is 10.4. The third kappa shape index (κ3) is 3.88. The van der Waals surface area contributed by atoms with Crippen LogP contribution in [0.3, 0.4) is 0 Å². The number of nitrogens with zero attached hydrogens (tertiary/aromatic N) is 1. The minimum Gasteiger partial charge on any atom is -0.306 e. The van der Waals surface area contributed by atoms with Gasteiger partial charge < -0.3 is 5.32 Å². The lowest BCUT2D eigenvalue weighted by Crippen LogP contribution is -2.12. The lowest BCUT2D eigenvalue weighted by Gasteiger charge is -2.07. The lowest BCUT2D eigenvalue weighted by molar-refractivity contribution is 0.688. The monoisotopic (exact) mass is 274 g/mol. The van der Waals surface area contributed by atoms with Crippen LogP contribution in [-0.4, -0.2) is 4.98 Å². The van der Waals surface area contributed by atoms with Crippen molar-refractivity contribution in [3.63, 3.8) is 0 Å². The zero-order chi connectivity index (χ0) is 13.8. The Kier molecular flexibility index (Phi) is 4.72. The van der Waals surface area contributed by atoms with Gasteiger partial charge in [0.15, 0.2) is 0 Å². The van der Waals surface area contributed by atoms with Crippen molar-refractivity contribution >= 4 is 11.3 Å². The molecule has 2 nitrogen and oxygen atoms in total. The van der Waals surface area contributed by atoms with Gasteiger partial charge in [-0.05, 0) is 30.9 Å². The maximum Gasteiger partial charge on any atom is 0.107 e. The summed E-state index contributed by atoms with van der Waals surface area (Å²) >= 11 is 1.78. The molecule has 0 spiro atoms. The quantitative estimate of drug-likeness (QED) is 0.885. The normalized spacial score (nSPS) is 11.2. The number of nitrogens with one attached hydrogen (secondary N) is 1. The van der Waals surface area contributed by atoms with Crippen molar-refractivity contribution in [1.29, 1.82) is 0 Å². The Morgan fingerprint density at radius 3 is 2.32 bits per heavy atom. The number of hydrogen-bond donors (Lipinski definition) is 1. The number of rotatable bonds is 5. The lowest BCUT2D eigenvalue weighted by atomic mass is 10.0. The van der Waals surface area contributed by atoms with E-state index in [1.807, 2.05) is 0 Å². The fourth-order valence-corrected chi connectivity index (χ4v) is 2.85. The van der Waals surface area contributed by atoms with E-state index in [4.69, 9.17) is 0 Å². The average molecular weight is 274 g/mol. The van der Waals surface area contributed by atoms with Gasteiger partial charge >= 0.3 is 0 Å². The van der Waals surface area contributed by atoms with E-state index in [9.17, 15) is 0 Å². The highest BCUT2D eigenvalue weighted by atomic mass is 32.1. The number of thiazole rings is 1. The first kappa shape index (κ1) is 14.2. The van der Waals surface area contributed by atoms with E-state index in [0.29, 0.717) is 5.92 Å². The number of benzene rings is 1. The van der Waals surface area contributed by atoms with E-state index in [1.165, 1.54) is 21.0 Å². The second kappa shape index (κ2) is 6.31. The van der Waals surface area contributed by atoms with Gasteiger partial charge in [-0.2, -0.15) is 0 Å². The third-order valence-corrected chi connectivity index (χ3v) is 4.40. The molecule has 0 saturated heterocycles. The maximum atomic E-state index is 4.53. The largest absolute Gasteiger partial charge is 0.306 e. The fraction of sp³-hybridized carbons (Fsp3) is 0.438. The molecule has 0 fully saturated rings. The minimum atomic E-state index is 0.600. The van der Waals surface area contributed by atoms with Crippen molar-refractivity contribution in [1.82, 2.24) is 10.3 Å². The molecular formula is C16H22N2S. The molecule has 0 radical (unpaired) electrons. The van der Waals surface area contributed by atoms with Crippen LogP contribution in [0.25, 0.3) is 0 Å². The average Bonchev–Trinajstić information content (AvgIpc) is 2.69. The highest BCUT2D eigenvalue weighted by Crippen LogP contribution is 2.17. The molecule has 1 N–H and O–H groups in total. The number of aromatic nitrogens is 1. The van der Waals surface area contributed by atoms with Gasteiger partial charge in [0.1, 0.15) is 5.01 Å². The number of hydrogen-bond acceptors (Lipinski definition) is 3. The summed E-state index contributed by atoms with van der Waals surface area (Å²) in [6.07, 6.45) is 0. The Bertz CT molecular complexity index is 507. The van der Waals surface area contributed by atoms with Crippen LogP contribution in [0.5, 0.6) is 0 Å². The van der Waals surface area contributed by atoms with Gasteiger partial charge in [0.2, 0.25) is 0 Å². The molecule has 102 valence electrons. The van der Waals surface area contributed by atoms with Crippen molar-refractivity contribution in [2.45, 2.75) is 46.7 Å². The summed E-state index contributed by atoms with van der Waals surface area (Å²) < 4.78 is 0. The van der Waals surface area contributed by atoms with E-state index in [1.54, 1.807) is 11.3 Å². The molecule has 1 heterocycles.